The first-order chi connectivity index (χ1) is 6.13. The number of benzene rings is 1. The zero-order valence-corrected chi connectivity index (χ0v) is 7.86. The van der Waals surface area contributed by atoms with Crippen LogP contribution < -0.4 is 0 Å². The van der Waals surface area contributed by atoms with Gasteiger partial charge in [-0.1, -0.05) is 35.3 Å². The maximum atomic E-state index is 11.3. The standard InChI is InChI=1S/C9H4Cl2O2/c10-5-3-1-2-4-6(5)7(11)9(13)8(4)12/h1-3H,(H,12,13). The molecule has 1 aromatic carbocycles. The van der Waals surface area contributed by atoms with E-state index in [1.165, 1.54) is 0 Å². The molecular weight excluding hydrogens is 211 g/mol. The smallest absolute Gasteiger partial charge is 0.229 e. The molecule has 0 fully saturated rings. The fourth-order valence-electron chi connectivity index (χ4n) is 1.28. The molecule has 4 heteroatoms. The van der Waals surface area contributed by atoms with Gasteiger partial charge in [0.15, 0.2) is 5.76 Å². The lowest BCUT2D eigenvalue weighted by molar-refractivity contribution is 0.0984. The molecule has 0 saturated heterocycles. The number of carbonyl (C=O) groups excluding carboxylic acids is 1. The number of allylic oxidation sites excluding steroid dienone is 1. The molecule has 0 heterocycles. The van der Waals surface area contributed by atoms with E-state index in [1.54, 1.807) is 18.2 Å². The predicted octanol–water partition coefficient (Wildman–Crippen LogP) is 3.00. The minimum atomic E-state index is -0.470. The summed E-state index contributed by atoms with van der Waals surface area (Å²) < 4.78 is 0. The van der Waals surface area contributed by atoms with Crippen molar-refractivity contribution in [3.8, 4) is 0 Å². The lowest BCUT2D eigenvalue weighted by atomic mass is 10.1. The van der Waals surface area contributed by atoms with E-state index in [-0.39, 0.29) is 5.03 Å². The molecule has 1 aliphatic rings. The van der Waals surface area contributed by atoms with Crippen LogP contribution in [0.15, 0.2) is 24.0 Å². The number of aliphatic hydroxyl groups is 1. The molecule has 2 nitrogen and oxygen atoms in total. The van der Waals surface area contributed by atoms with Crippen LogP contribution >= 0.6 is 23.2 Å². The Kier molecular flexibility index (Phi) is 1.82. The molecule has 0 unspecified atom stereocenters. The first kappa shape index (κ1) is 8.60. The van der Waals surface area contributed by atoms with Gasteiger partial charge in [0.05, 0.1) is 10.1 Å². The van der Waals surface area contributed by atoms with Gasteiger partial charge in [-0.3, -0.25) is 4.79 Å². The summed E-state index contributed by atoms with van der Waals surface area (Å²) in [5.74, 6) is -0.896. The molecule has 1 N–H and O–H groups in total. The fraction of sp³-hybridized carbons (Fsp3) is 0. The van der Waals surface area contributed by atoms with Crippen LogP contribution in [0.2, 0.25) is 5.02 Å². The second-order valence-electron chi connectivity index (χ2n) is 2.65. The maximum absolute atomic E-state index is 11.3. The van der Waals surface area contributed by atoms with Crippen molar-refractivity contribution in [2.24, 2.45) is 0 Å². The summed E-state index contributed by atoms with van der Waals surface area (Å²) in [5.41, 5.74) is 0.781. The van der Waals surface area contributed by atoms with Gasteiger partial charge in [0.1, 0.15) is 0 Å². The number of fused-ring (bicyclic) bond motifs is 1. The van der Waals surface area contributed by atoms with E-state index >= 15 is 0 Å². The van der Waals surface area contributed by atoms with Gasteiger partial charge in [0.25, 0.3) is 0 Å². The summed E-state index contributed by atoms with van der Waals surface area (Å²) in [6, 6.07) is 4.84. The third-order valence-corrected chi connectivity index (χ3v) is 2.58. The van der Waals surface area contributed by atoms with Crippen LogP contribution in [0.1, 0.15) is 15.9 Å². The van der Waals surface area contributed by atoms with Crippen molar-refractivity contribution in [3.05, 3.63) is 40.1 Å². The maximum Gasteiger partial charge on any atom is 0.229 e. The Balaban J connectivity index is 2.79. The third-order valence-electron chi connectivity index (χ3n) is 1.90. The minimum absolute atomic E-state index is 0.0330. The van der Waals surface area contributed by atoms with Crippen LogP contribution in [0.4, 0.5) is 0 Å². The summed E-state index contributed by atoms with van der Waals surface area (Å²) in [5, 5.41) is 9.66. The summed E-state index contributed by atoms with van der Waals surface area (Å²) in [6.07, 6.45) is 0. The third kappa shape index (κ3) is 1.06. The number of rotatable bonds is 0. The number of halogens is 2. The SMILES string of the molecule is O=C1C(O)=C(Cl)c2c(Cl)cccc21. The number of ketones is 1. The molecule has 13 heavy (non-hydrogen) atoms. The first-order valence-electron chi connectivity index (χ1n) is 3.55. The Hall–Kier alpha value is -0.990. The Morgan fingerprint density at radius 1 is 1.23 bits per heavy atom. The Bertz CT molecular complexity index is 435. The fourth-order valence-corrected chi connectivity index (χ4v) is 1.89. The van der Waals surface area contributed by atoms with E-state index in [4.69, 9.17) is 23.2 Å². The molecule has 0 radical (unpaired) electrons. The highest BCUT2D eigenvalue weighted by molar-refractivity contribution is 6.55. The largest absolute Gasteiger partial charge is 0.503 e. The van der Waals surface area contributed by atoms with Gasteiger partial charge in [0.2, 0.25) is 5.78 Å². The lowest BCUT2D eigenvalue weighted by Crippen LogP contribution is -1.96. The summed E-state index contributed by atoms with van der Waals surface area (Å²) in [7, 11) is 0. The summed E-state index contributed by atoms with van der Waals surface area (Å²) >= 11 is 11.5. The van der Waals surface area contributed by atoms with Gasteiger partial charge < -0.3 is 5.11 Å². The Morgan fingerprint density at radius 3 is 2.54 bits per heavy atom. The van der Waals surface area contributed by atoms with Gasteiger partial charge in [0, 0.05) is 11.1 Å². The van der Waals surface area contributed by atoms with E-state index in [0.717, 1.165) is 0 Å². The molecule has 0 spiro atoms. The van der Waals surface area contributed by atoms with Crippen molar-refractivity contribution in [1.82, 2.24) is 0 Å². The highest BCUT2D eigenvalue weighted by Gasteiger charge is 2.29. The van der Waals surface area contributed by atoms with Crippen LogP contribution in [0.5, 0.6) is 0 Å². The van der Waals surface area contributed by atoms with Crippen molar-refractivity contribution in [2.75, 3.05) is 0 Å². The van der Waals surface area contributed by atoms with Crippen molar-refractivity contribution in [3.63, 3.8) is 0 Å². The van der Waals surface area contributed by atoms with Crippen molar-refractivity contribution < 1.29 is 9.90 Å². The van der Waals surface area contributed by atoms with Gasteiger partial charge in [-0.15, -0.1) is 0 Å². The number of hydrogen-bond acceptors (Lipinski definition) is 2. The molecule has 0 atom stereocenters. The predicted molar refractivity (Wildman–Crippen MR) is 51.2 cm³/mol. The van der Waals surface area contributed by atoms with Gasteiger partial charge in [-0.05, 0) is 6.07 Å². The topological polar surface area (TPSA) is 37.3 Å². The molecule has 0 bridgehead atoms. The van der Waals surface area contributed by atoms with Crippen LogP contribution in [0, 0.1) is 0 Å². The van der Waals surface area contributed by atoms with Gasteiger partial charge in [-0.25, -0.2) is 0 Å². The zero-order chi connectivity index (χ0) is 9.59. The molecule has 0 saturated carbocycles. The van der Waals surface area contributed by atoms with Gasteiger partial charge in [-0.2, -0.15) is 0 Å². The Labute approximate surface area is 84.4 Å². The second kappa shape index (κ2) is 2.76. The summed E-state index contributed by atoms with van der Waals surface area (Å²) in [4.78, 5) is 11.3. The number of carbonyl (C=O) groups is 1. The normalized spacial score (nSPS) is 15.1. The van der Waals surface area contributed by atoms with Crippen LogP contribution in [-0.2, 0) is 0 Å². The van der Waals surface area contributed by atoms with E-state index in [9.17, 15) is 9.90 Å². The van der Waals surface area contributed by atoms with E-state index < -0.39 is 11.5 Å². The van der Waals surface area contributed by atoms with Crippen molar-refractivity contribution in [1.29, 1.82) is 0 Å². The van der Waals surface area contributed by atoms with Crippen molar-refractivity contribution >= 4 is 34.0 Å². The average molecular weight is 215 g/mol. The molecule has 0 amide bonds. The van der Waals surface area contributed by atoms with Gasteiger partial charge >= 0.3 is 0 Å². The van der Waals surface area contributed by atoms with E-state index in [1.807, 2.05) is 0 Å². The second-order valence-corrected chi connectivity index (χ2v) is 3.44. The molecule has 1 aliphatic carbocycles. The summed E-state index contributed by atoms with van der Waals surface area (Å²) in [6.45, 7) is 0. The lowest BCUT2D eigenvalue weighted by Gasteiger charge is -1.99. The molecule has 0 aliphatic heterocycles. The molecule has 0 aromatic heterocycles. The highest BCUT2D eigenvalue weighted by atomic mass is 35.5. The van der Waals surface area contributed by atoms with Crippen LogP contribution in [0.25, 0.3) is 5.03 Å². The molecule has 1 aromatic rings. The molecular formula is C9H4Cl2O2. The molecule has 66 valence electrons. The quantitative estimate of drug-likeness (QED) is 0.722. The monoisotopic (exact) mass is 214 g/mol. The number of hydrogen-bond donors (Lipinski definition) is 1. The van der Waals surface area contributed by atoms with Crippen molar-refractivity contribution in [2.45, 2.75) is 0 Å². The van der Waals surface area contributed by atoms with E-state index in [2.05, 4.69) is 0 Å². The van der Waals surface area contributed by atoms with Crippen LogP contribution in [-0.4, -0.2) is 10.9 Å². The number of aliphatic hydroxyl groups excluding tert-OH is 1. The van der Waals surface area contributed by atoms with Crippen LogP contribution in [0.3, 0.4) is 0 Å². The average Bonchev–Trinajstić information content (AvgIpc) is 2.33. The molecule has 2 rings (SSSR count). The highest BCUT2D eigenvalue weighted by Crippen LogP contribution is 2.38. The number of Topliss-reactive ketones (excluding diaryl/α,β-unsaturated/α-hetero) is 1. The first-order valence-corrected chi connectivity index (χ1v) is 4.31. The minimum Gasteiger partial charge on any atom is -0.503 e. The zero-order valence-electron chi connectivity index (χ0n) is 6.34. The Morgan fingerprint density at radius 2 is 1.92 bits per heavy atom. The van der Waals surface area contributed by atoms with E-state index in [0.29, 0.717) is 16.1 Å².